The first-order chi connectivity index (χ1) is 11.1. The summed E-state index contributed by atoms with van der Waals surface area (Å²) in [5.41, 5.74) is 0.252. The Kier molecular flexibility index (Phi) is 4.38. The van der Waals surface area contributed by atoms with Crippen LogP contribution in [0, 0.1) is 11.6 Å². The molecule has 1 aliphatic rings. The van der Waals surface area contributed by atoms with Crippen molar-refractivity contribution in [3.05, 3.63) is 41.6 Å². The maximum atomic E-state index is 14.3. The molecule has 7 heteroatoms. The molecule has 2 N–H and O–H groups in total. The summed E-state index contributed by atoms with van der Waals surface area (Å²) in [5.74, 6) is -1.99. The molecule has 2 heterocycles. The lowest BCUT2D eigenvalue weighted by Crippen LogP contribution is -2.45. The van der Waals surface area contributed by atoms with Crippen LogP contribution in [0.3, 0.4) is 0 Å². The monoisotopic (exact) mass is 320 g/mol. The van der Waals surface area contributed by atoms with Crippen molar-refractivity contribution in [3.63, 3.8) is 0 Å². The minimum Gasteiger partial charge on any atom is -0.348 e. The van der Waals surface area contributed by atoms with Crippen molar-refractivity contribution in [3.8, 4) is 11.3 Å². The zero-order chi connectivity index (χ0) is 16.4. The van der Waals surface area contributed by atoms with Gasteiger partial charge in [0.1, 0.15) is 11.6 Å². The molecule has 1 fully saturated rings. The van der Waals surface area contributed by atoms with Crippen molar-refractivity contribution in [2.24, 2.45) is 7.05 Å². The molecule has 0 aliphatic carbocycles. The normalized spacial score (nSPS) is 18.0. The number of halogens is 2. The van der Waals surface area contributed by atoms with Crippen molar-refractivity contribution in [2.45, 2.75) is 18.9 Å². The molecule has 0 radical (unpaired) electrons. The summed E-state index contributed by atoms with van der Waals surface area (Å²) in [6.07, 6.45) is 3.28. The second kappa shape index (κ2) is 6.45. The van der Waals surface area contributed by atoms with Crippen LogP contribution < -0.4 is 10.6 Å². The Morgan fingerprint density at radius 2 is 2.22 bits per heavy atom. The van der Waals surface area contributed by atoms with Gasteiger partial charge in [0.25, 0.3) is 5.91 Å². The maximum absolute atomic E-state index is 14.3. The number of hydrogen-bond donors (Lipinski definition) is 2. The predicted molar refractivity (Wildman–Crippen MR) is 81.9 cm³/mol. The fourth-order valence-electron chi connectivity index (χ4n) is 2.79. The lowest BCUT2D eigenvalue weighted by Gasteiger charge is -2.24. The molecule has 0 spiro atoms. The van der Waals surface area contributed by atoms with Crippen molar-refractivity contribution in [2.75, 3.05) is 13.1 Å². The van der Waals surface area contributed by atoms with Crippen molar-refractivity contribution >= 4 is 5.91 Å². The zero-order valence-electron chi connectivity index (χ0n) is 12.8. The Morgan fingerprint density at radius 1 is 1.39 bits per heavy atom. The number of aromatic nitrogens is 2. The van der Waals surface area contributed by atoms with E-state index < -0.39 is 17.5 Å². The molecule has 23 heavy (non-hydrogen) atoms. The molecule has 122 valence electrons. The Morgan fingerprint density at radius 3 is 2.87 bits per heavy atom. The van der Waals surface area contributed by atoms with E-state index in [2.05, 4.69) is 15.7 Å². The third-order valence-electron chi connectivity index (χ3n) is 4.03. The first-order valence-corrected chi connectivity index (χ1v) is 7.55. The lowest BCUT2D eigenvalue weighted by atomic mass is 10.0. The molecular formula is C16H18F2N4O. The molecule has 3 rings (SSSR count). The number of nitrogens with one attached hydrogen (secondary N) is 2. The molecule has 1 unspecified atom stereocenters. The molecule has 1 amide bonds. The van der Waals surface area contributed by atoms with E-state index >= 15 is 0 Å². The summed E-state index contributed by atoms with van der Waals surface area (Å²) in [5, 5.41) is 9.84. The number of carbonyl (C=O) groups is 1. The summed E-state index contributed by atoms with van der Waals surface area (Å²) < 4.78 is 30.0. The van der Waals surface area contributed by atoms with E-state index in [0.29, 0.717) is 12.2 Å². The second-order valence-corrected chi connectivity index (χ2v) is 5.67. The highest BCUT2D eigenvalue weighted by Crippen LogP contribution is 2.25. The van der Waals surface area contributed by atoms with Gasteiger partial charge < -0.3 is 10.6 Å². The molecular weight excluding hydrogens is 302 g/mol. The summed E-state index contributed by atoms with van der Waals surface area (Å²) in [4.78, 5) is 12.2. The average Bonchev–Trinajstić information content (AvgIpc) is 2.96. The second-order valence-electron chi connectivity index (χ2n) is 5.67. The van der Waals surface area contributed by atoms with E-state index in [0.717, 1.165) is 31.5 Å². The first-order valence-electron chi connectivity index (χ1n) is 7.55. The Bertz CT molecular complexity index is 723. The van der Waals surface area contributed by atoms with Crippen LogP contribution in [0.15, 0.2) is 24.4 Å². The SMILES string of the molecule is Cn1nccc1-c1cc(F)c(C(=O)NC2CCCNC2)cc1F. The molecule has 5 nitrogen and oxygen atoms in total. The highest BCUT2D eigenvalue weighted by Gasteiger charge is 2.21. The number of hydrogen-bond acceptors (Lipinski definition) is 3. The van der Waals surface area contributed by atoms with Gasteiger partial charge >= 0.3 is 0 Å². The van der Waals surface area contributed by atoms with Gasteiger partial charge in [-0.05, 0) is 37.6 Å². The Balaban J connectivity index is 1.84. The first kappa shape index (κ1) is 15.6. The van der Waals surface area contributed by atoms with Crippen molar-refractivity contribution in [1.29, 1.82) is 0 Å². The number of amides is 1. The van der Waals surface area contributed by atoms with Gasteiger partial charge in [-0.25, -0.2) is 8.78 Å². The van der Waals surface area contributed by atoms with Crippen LogP contribution in [0.4, 0.5) is 8.78 Å². The predicted octanol–water partition coefficient (Wildman–Crippen LogP) is 1.85. The van der Waals surface area contributed by atoms with Gasteiger partial charge in [-0.1, -0.05) is 0 Å². The van der Waals surface area contributed by atoms with Crippen LogP contribution in [0.25, 0.3) is 11.3 Å². The molecule has 1 aromatic heterocycles. The number of carbonyl (C=O) groups excluding carboxylic acids is 1. The van der Waals surface area contributed by atoms with E-state index in [1.54, 1.807) is 13.1 Å². The highest BCUT2D eigenvalue weighted by molar-refractivity contribution is 5.95. The van der Waals surface area contributed by atoms with Crippen LogP contribution in [0.2, 0.25) is 0 Å². The van der Waals surface area contributed by atoms with Crippen LogP contribution in [0.1, 0.15) is 23.2 Å². The van der Waals surface area contributed by atoms with E-state index in [9.17, 15) is 13.6 Å². The summed E-state index contributed by atoms with van der Waals surface area (Å²) >= 11 is 0. The maximum Gasteiger partial charge on any atom is 0.254 e. The third kappa shape index (κ3) is 3.24. The summed E-state index contributed by atoms with van der Waals surface area (Å²) in [6.45, 7) is 1.55. The van der Waals surface area contributed by atoms with E-state index in [1.165, 1.54) is 10.9 Å². The smallest absolute Gasteiger partial charge is 0.254 e. The minimum atomic E-state index is -0.746. The molecule has 0 bridgehead atoms. The highest BCUT2D eigenvalue weighted by atomic mass is 19.1. The summed E-state index contributed by atoms with van der Waals surface area (Å²) in [6, 6.07) is 3.52. The standard InChI is InChI=1S/C16H18F2N4O/c1-22-15(4-6-20-22)11-7-14(18)12(8-13(11)17)16(23)21-10-3-2-5-19-9-10/h4,6-8,10,19H,2-3,5,9H2,1H3,(H,21,23). The van der Waals surface area contributed by atoms with Gasteiger partial charge in [-0.3, -0.25) is 9.48 Å². The zero-order valence-corrected chi connectivity index (χ0v) is 12.8. The van der Waals surface area contributed by atoms with E-state index in [4.69, 9.17) is 0 Å². The average molecular weight is 320 g/mol. The van der Waals surface area contributed by atoms with Gasteiger partial charge in [0, 0.05) is 31.4 Å². The van der Waals surface area contributed by atoms with Gasteiger partial charge in [-0.15, -0.1) is 0 Å². The van der Waals surface area contributed by atoms with Crippen LogP contribution >= 0.6 is 0 Å². The van der Waals surface area contributed by atoms with Crippen LogP contribution in [-0.4, -0.2) is 34.8 Å². The molecule has 1 atom stereocenters. The molecule has 1 aliphatic heterocycles. The summed E-state index contributed by atoms with van der Waals surface area (Å²) in [7, 11) is 1.64. The minimum absolute atomic E-state index is 0.0598. The fourth-order valence-corrected chi connectivity index (χ4v) is 2.79. The number of nitrogens with zero attached hydrogens (tertiary/aromatic N) is 2. The number of rotatable bonds is 3. The fraction of sp³-hybridized carbons (Fsp3) is 0.375. The number of piperidine rings is 1. The van der Waals surface area contributed by atoms with Crippen LogP contribution in [0.5, 0.6) is 0 Å². The Hall–Kier alpha value is -2.28. The van der Waals surface area contributed by atoms with Crippen molar-refractivity contribution in [1.82, 2.24) is 20.4 Å². The molecule has 0 saturated carbocycles. The quantitative estimate of drug-likeness (QED) is 0.907. The third-order valence-corrected chi connectivity index (χ3v) is 4.03. The Labute approximate surface area is 132 Å². The van der Waals surface area contributed by atoms with Gasteiger partial charge in [0.05, 0.1) is 11.3 Å². The van der Waals surface area contributed by atoms with Gasteiger partial charge in [-0.2, -0.15) is 5.10 Å². The van der Waals surface area contributed by atoms with E-state index in [-0.39, 0.29) is 17.2 Å². The topological polar surface area (TPSA) is 59.0 Å². The number of aryl methyl sites for hydroxylation is 1. The molecule has 1 aromatic carbocycles. The molecule has 2 aromatic rings. The van der Waals surface area contributed by atoms with Gasteiger partial charge in [0.15, 0.2) is 0 Å². The molecule has 1 saturated heterocycles. The number of benzene rings is 1. The largest absolute Gasteiger partial charge is 0.348 e. The van der Waals surface area contributed by atoms with E-state index in [1.807, 2.05) is 0 Å². The lowest BCUT2D eigenvalue weighted by molar-refractivity contribution is 0.0926. The van der Waals surface area contributed by atoms with Crippen molar-refractivity contribution < 1.29 is 13.6 Å². The van der Waals surface area contributed by atoms with Gasteiger partial charge in [0.2, 0.25) is 0 Å². The van der Waals surface area contributed by atoms with Crippen LogP contribution in [-0.2, 0) is 7.05 Å².